The molecule has 2 aromatic rings. The Kier molecular flexibility index (Phi) is 5.06. The molecule has 2 rings (SSSR count). The number of carbonyl (C=O) groups excluding carboxylic acids is 1. The molecular weight excluding hydrogens is 334 g/mol. The molecule has 0 saturated heterocycles. The average Bonchev–Trinajstić information content (AvgIpc) is 2.93. The van der Waals surface area contributed by atoms with Crippen LogP contribution >= 0.6 is 15.9 Å². The van der Waals surface area contributed by atoms with Gasteiger partial charge in [-0.2, -0.15) is 5.26 Å². The molecule has 0 saturated carbocycles. The van der Waals surface area contributed by atoms with Crippen molar-refractivity contribution in [1.29, 1.82) is 5.26 Å². The van der Waals surface area contributed by atoms with Crippen molar-refractivity contribution in [2.75, 3.05) is 0 Å². The molecule has 0 spiro atoms. The standard InChI is InChI=1S/C14H14BrN5O/c1-2-12(10-3-5-11(15)6-4-10)18-14(21)8-20-9-17-19-13(20)7-16/h3-6,9,12H,2,8H2,1H3,(H,18,21). The van der Waals surface area contributed by atoms with Crippen LogP contribution in [0.4, 0.5) is 0 Å². The summed E-state index contributed by atoms with van der Waals surface area (Å²) < 4.78 is 2.42. The third-order valence-electron chi connectivity index (χ3n) is 3.05. The third kappa shape index (κ3) is 3.89. The Morgan fingerprint density at radius 3 is 2.81 bits per heavy atom. The highest BCUT2D eigenvalue weighted by atomic mass is 79.9. The average molecular weight is 348 g/mol. The highest BCUT2D eigenvalue weighted by molar-refractivity contribution is 9.10. The van der Waals surface area contributed by atoms with E-state index in [1.807, 2.05) is 37.3 Å². The van der Waals surface area contributed by atoms with Crippen molar-refractivity contribution < 1.29 is 4.79 Å². The summed E-state index contributed by atoms with van der Waals surface area (Å²) in [5.74, 6) is -0.0529. The molecule has 6 nitrogen and oxygen atoms in total. The molecule has 0 fully saturated rings. The molecule has 1 heterocycles. The maximum atomic E-state index is 12.1. The second kappa shape index (κ2) is 6.99. The van der Waals surface area contributed by atoms with Crippen LogP contribution in [-0.2, 0) is 11.3 Å². The Bertz CT molecular complexity index is 659. The van der Waals surface area contributed by atoms with E-state index >= 15 is 0 Å². The van der Waals surface area contributed by atoms with Crippen LogP contribution < -0.4 is 5.32 Å². The Morgan fingerprint density at radius 1 is 1.48 bits per heavy atom. The lowest BCUT2D eigenvalue weighted by Gasteiger charge is -2.17. The molecule has 0 aliphatic heterocycles. The van der Waals surface area contributed by atoms with Crippen LogP contribution in [0.3, 0.4) is 0 Å². The van der Waals surface area contributed by atoms with Gasteiger partial charge >= 0.3 is 0 Å². The smallest absolute Gasteiger partial charge is 0.240 e. The number of halogens is 1. The minimum absolute atomic E-state index is 0.0307. The first kappa shape index (κ1) is 15.2. The molecule has 1 unspecified atom stereocenters. The van der Waals surface area contributed by atoms with E-state index in [1.165, 1.54) is 10.9 Å². The van der Waals surface area contributed by atoms with E-state index in [2.05, 4.69) is 31.4 Å². The van der Waals surface area contributed by atoms with E-state index in [0.717, 1.165) is 16.5 Å². The highest BCUT2D eigenvalue weighted by Gasteiger charge is 2.14. The van der Waals surface area contributed by atoms with Gasteiger partial charge < -0.3 is 5.32 Å². The second-order valence-corrected chi connectivity index (χ2v) is 5.39. The maximum absolute atomic E-state index is 12.1. The van der Waals surface area contributed by atoms with Gasteiger partial charge in [0.2, 0.25) is 11.7 Å². The van der Waals surface area contributed by atoms with Gasteiger partial charge in [0.15, 0.2) is 0 Å². The van der Waals surface area contributed by atoms with Crippen molar-refractivity contribution in [2.24, 2.45) is 0 Å². The molecule has 21 heavy (non-hydrogen) atoms. The third-order valence-corrected chi connectivity index (χ3v) is 3.57. The minimum atomic E-state index is -0.180. The SMILES string of the molecule is CCC(NC(=O)Cn1cnnc1C#N)c1ccc(Br)cc1. The zero-order valence-electron chi connectivity index (χ0n) is 11.5. The quantitative estimate of drug-likeness (QED) is 0.898. The predicted molar refractivity (Wildman–Crippen MR) is 80.1 cm³/mol. The number of carbonyl (C=O) groups is 1. The normalized spacial score (nSPS) is 11.7. The number of benzene rings is 1. The number of amides is 1. The fourth-order valence-electron chi connectivity index (χ4n) is 1.97. The predicted octanol–water partition coefficient (Wildman–Crippen LogP) is 2.18. The number of nitrogens with one attached hydrogen (secondary N) is 1. The summed E-state index contributed by atoms with van der Waals surface area (Å²) in [6.07, 6.45) is 2.15. The van der Waals surface area contributed by atoms with Gasteiger partial charge in [0.05, 0.1) is 6.04 Å². The molecular formula is C14H14BrN5O. The molecule has 1 N–H and O–H groups in total. The van der Waals surface area contributed by atoms with E-state index in [9.17, 15) is 4.79 Å². The molecule has 108 valence electrons. The molecule has 1 aromatic heterocycles. The summed E-state index contributed by atoms with van der Waals surface area (Å²) in [5, 5.41) is 19.0. The Balaban J connectivity index is 2.03. The summed E-state index contributed by atoms with van der Waals surface area (Å²) in [6, 6.07) is 9.65. The van der Waals surface area contributed by atoms with Crippen LogP contribution in [-0.4, -0.2) is 20.7 Å². The first-order valence-corrected chi connectivity index (χ1v) is 7.26. The zero-order chi connectivity index (χ0) is 15.2. The maximum Gasteiger partial charge on any atom is 0.240 e. The monoisotopic (exact) mass is 347 g/mol. The molecule has 1 aromatic carbocycles. The summed E-state index contributed by atoms with van der Waals surface area (Å²) in [5.41, 5.74) is 1.04. The van der Waals surface area contributed by atoms with E-state index in [-0.39, 0.29) is 24.3 Å². The van der Waals surface area contributed by atoms with Gasteiger partial charge in [0.25, 0.3) is 0 Å². The number of hydrogen-bond acceptors (Lipinski definition) is 4. The first-order chi connectivity index (χ1) is 10.1. The van der Waals surface area contributed by atoms with Crippen molar-refractivity contribution in [3.05, 3.63) is 46.5 Å². The van der Waals surface area contributed by atoms with E-state index < -0.39 is 0 Å². The lowest BCUT2D eigenvalue weighted by molar-refractivity contribution is -0.122. The van der Waals surface area contributed by atoms with Crippen LogP contribution in [0.1, 0.15) is 30.8 Å². The van der Waals surface area contributed by atoms with E-state index in [1.54, 1.807) is 0 Å². The Morgan fingerprint density at radius 2 is 2.19 bits per heavy atom. The minimum Gasteiger partial charge on any atom is -0.348 e. The number of aromatic nitrogens is 3. The highest BCUT2D eigenvalue weighted by Crippen LogP contribution is 2.19. The van der Waals surface area contributed by atoms with Crippen LogP contribution in [0.5, 0.6) is 0 Å². The van der Waals surface area contributed by atoms with Gasteiger partial charge in [-0.15, -0.1) is 10.2 Å². The van der Waals surface area contributed by atoms with Crippen molar-refractivity contribution >= 4 is 21.8 Å². The number of nitrogens with zero attached hydrogens (tertiary/aromatic N) is 4. The Hall–Kier alpha value is -2.20. The molecule has 7 heteroatoms. The number of nitriles is 1. The van der Waals surface area contributed by atoms with Gasteiger partial charge in [-0.3, -0.25) is 9.36 Å². The van der Waals surface area contributed by atoms with Gasteiger partial charge in [0.1, 0.15) is 18.9 Å². The number of hydrogen-bond donors (Lipinski definition) is 1. The van der Waals surface area contributed by atoms with Gasteiger partial charge in [0, 0.05) is 4.47 Å². The lowest BCUT2D eigenvalue weighted by Crippen LogP contribution is -2.31. The van der Waals surface area contributed by atoms with Crippen LogP contribution in [0, 0.1) is 11.3 Å². The largest absolute Gasteiger partial charge is 0.348 e. The van der Waals surface area contributed by atoms with E-state index in [0.29, 0.717) is 0 Å². The summed E-state index contributed by atoms with van der Waals surface area (Å²) in [7, 11) is 0. The molecule has 0 aliphatic rings. The van der Waals surface area contributed by atoms with Crippen LogP contribution in [0.2, 0.25) is 0 Å². The molecule has 1 amide bonds. The number of rotatable bonds is 5. The van der Waals surface area contributed by atoms with Gasteiger partial charge in [-0.1, -0.05) is 35.0 Å². The van der Waals surface area contributed by atoms with Crippen molar-refractivity contribution in [3.63, 3.8) is 0 Å². The van der Waals surface area contributed by atoms with Gasteiger partial charge in [-0.25, -0.2) is 0 Å². The fraction of sp³-hybridized carbons (Fsp3) is 0.286. The topological polar surface area (TPSA) is 83.6 Å². The van der Waals surface area contributed by atoms with E-state index in [4.69, 9.17) is 5.26 Å². The zero-order valence-corrected chi connectivity index (χ0v) is 13.0. The van der Waals surface area contributed by atoms with Gasteiger partial charge in [-0.05, 0) is 24.1 Å². The van der Waals surface area contributed by atoms with Crippen LogP contribution in [0.15, 0.2) is 35.1 Å². The fourth-order valence-corrected chi connectivity index (χ4v) is 2.23. The van der Waals surface area contributed by atoms with Crippen molar-refractivity contribution in [1.82, 2.24) is 20.1 Å². The molecule has 0 aliphatic carbocycles. The summed E-state index contributed by atoms with van der Waals surface area (Å²) in [4.78, 5) is 12.1. The molecule has 0 radical (unpaired) electrons. The van der Waals surface area contributed by atoms with Crippen LogP contribution in [0.25, 0.3) is 0 Å². The second-order valence-electron chi connectivity index (χ2n) is 4.47. The summed E-state index contributed by atoms with van der Waals surface area (Å²) in [6.45, 7) is 2.04. The Labute approximate surface area is 130 Å². The molecule has 0 bridgehead atoms. The van der Waals surface area contributed by atoms with Crippen molar-refractivity contribution in [2.45, 2.75) is 25.9 Å². The first-order valence-electron chi connectivity index (χ1n) is 6.46. The van der Waals surface area contributed by atoms with Crippen molar-refractivity contribution in [3.8, 4) is 6.07 Å². The molecule has 1 atom stereocenters. The summed E-state index contributed by atoms with van der Waals surface area (Å²) >= 11 is 3.39. The lowest BCUT2D eigenvalue weighted by atomic mass is 10.0.